The molecule has 0 spiro atoms. The lowest BCUT2D eigenvalue weighted by Crippen LogP contribution is -2.12. The number of unbranched alkanes of at least 4 members (excludes halogenated alkanes) is 8. The Kier molecular flexibility index (Phi) is 24.5. The summed E-state index contributed by atoms with van der Waals surface area (Å²) < 4.78 is 5.02. The summed E-state index contributed by atoms with van der Waals surface area (Å²) >= 11 is 0. The van der Waals surface area contributed by atoms with E-state index in [4.69, 9.17) is 4.74 Å². The van der Waals surface area contributed by atoms with Crippen LogP contribution in [-0.4, -0.2) is 26.2 Å². The number of carbonyl (C=O) groups is 1. The predicted molar refractivity (Wildman–Crippen MR) is 97.3 cm³/mol. The van der Waals surface area contributed by atoms with Gasteiger partial charge in [-0.05, 0) is 26.4 Å². The minimum Gasteiger partial charge on any atom is -0.466 e. The van der Waals surface area contributed by atoms with Gasteiger partial charge in [-0.15, -0.1) is 0 Å². The maximum Gasteiger partial charge on any atom is 0.305 e. The minimum atomic E-state index is -0.0636. The van der Waals surface area contributed by atoms with Crippen LogP contribution in [0, 0.1) is 0 Å². The molecule has 0 aromatic heterocycles. The summed E-state index contributed by atoms with van der Waals surface area (Å²) in [7, 11) is 1.88. The first-order valence-corrected chi connectivity index (χ1v) is 9.53. The van der Waals surface area contributed by atoms with E-state index in [1.807, 2.05) is 7.05 Å². The first kappa shape index (κ1) is 23.7. The summed E-state index contributed by atoms with van der Waals surface area (Å²) in [4.78, 5) is 11.0. The number of rotatable bonds is 14. The van der Waals surface area contributed by atoms with Crippen molar-refractivity contribution < 1.29 is 9.53 Å². The van der Waals surface area contributed by atoms with E-state index in [9.17, 15) is 4.79 Å². The van der Waals surface area contributed by atoms with E-state index in [0.29, 0.717) is 13.0 Å². The Hall–Kier alpha value is -0.570. The Bertz CT molecular complexity index is 202. The summed E-state index contributed by atoms with van der Waals surface area (Å²) in [6.07, 6.45) is 14.7. The second-order valence-electron chi connectivity index (χ2n) is 5.90. The highest BCUT2D eigenvalue weighted by Gasteiger charge is 2.00. The number of esters is 1. The Balaban J connectivity index is 0. The Morgan fingerprint density at radius 1 is 0.773 bits per heavy atom. The van der Waals surface area contributed by atoms with Crippen LogP contribution in [0.2, 0.25) is 0 Å². The third-order valence-electron chi connectivity index (χ3n) is 3.53. The quantitative estimate of drug-likeness (QED) is 0.341. The molecule has 134 valence electrons. The van der Waals surface area contributed by atoms with Gasteiger partial charge in [0.15, 0.2) is 0 Å². The molecule has 0 aromatic rings. The lowest BCUT2D eigenvalue weighted by atomic mass is 10.1. The molecule has 0 aromatic carbocycles. The summed E-state index contributed by atoms with van der Waals surface area (Å²) in [5.74, 6) is -0.0636. The molecule has 0 radical (unpaired) electrons. The van der Waals surface area contributed by atoms with Crippen molar-refractivity contribution in [2.75, 3.05) is 20.2 Å². The monoisotopic (exact) mass is 315 g/mol. The Morgan fingerprint density at radius 2 is 1.27 bits per heavy atom. The average molecular weight is 316 g/mol. The summed E-state index contributed by atoms with van der Waals surface area (Å²) in [6.45, 7) is 8.13. The van der Waals surface area contributed by atoms with Crippen molar-refractivity contribution in [1.29, 1.82) is 0 Å². The first-order chi connectivity index (χ1) is 10.7. The minimum absolute atomic E-state index is 0.0636. The van der Waals surface area contributed by atoms with Crippen molar-refractivity contribution in [2.45, 2.75) is 97.8 Å². The Labute approximate surface area is 139 Å². The highest BCUT2D eigenvalue weighted by Crippen LogP contribution is 2.05. The van der Waals surface area contributed by atoms with Crippen molar-refractivity contribution in [2.24, 2.45) is 0 Å². The molecule has 0 bridgehead atoms. The number of hydrogen-bond acceptors (Lipinski definition) is 3. The lowest BCUT2D eigenvalue weighted by Gasteiger charge is -2.03. The predicted octanol–water partition coefficient (Wildman–Crippen LogP) is 5.48. The smallest absolute Gasteiger partial charge is 0.305 e. The molecule has 3 nitrogen and oxygen atoms in total. The standard InChI is InChI=1S/C10H21NO2.C9H20/c1-3-4-5-9-13-10(12)7-6-8-11-2;1-3-5-7-9-8-6-4-2/h11H,3-9H2,1-2H3;3-9H2,1-2H3. The van der Waals surface area contributed by atoms with Gasteiger partial charge >= 0.3 is 5.97 Å². The van der Waals surface area contributed by atoms with Crippen LogP contribution in [0.25, 0.3) is 0 Å². The maximum absolute atomic E-state index is 11.0. The molecule has 0 fully saturated rings. The van der Waals surface area contributed by atoms with Crippen LogP contribution in [0.4, 0.5) is 0 Å². The van der Waals surface area contributed by atoms with Crippen molar-refractivity contribution in [3.05, 3.63) is 0 Å². The average Bonchev–Trinajstić information content (AvgIpc) is 2.52. The van der Waals surface area contributed by atoms with Crippen molar-refractivity contribution in [3.8, 4) is 0 Å². The topological polar surface area (TPSA) is 38.3 Å². The molecule has 0 atom stereocenters. The van der Waals surface area contributed by atoms with Crippen LogP contribution in [0.5, 0.6) is 0 Å². The highest BCUT2D eigenvalue weighted by molar-refractivity contribution is 5.69. The van der Waals surface area contributed by atoms with E-state index in [0.717, 1.165) is 32.2 Å². The van der Waals surface area contributed by atoms with Gasteiger partial charge in [0.2, 0.25) is 0 Å². The van der Waals surface area contributed by atoms with Crippen LogP contribution in [0.1, 0.15) is 97.8 Å². The molecule has 0 saturated carbocycles. The van der Waals surface area contributed by atoms with Gasteiger partial charge in [-0.25, -0.2) is 0 Å². The maximum atomic E-state index is 11.0. The van der Waals surface area contributed by atoms with E-state index in [2.05, 4.69) is 26.1 Å². The van der Waals surface area contributed by atoms with E-state index < -0.39 is 0 Å². The molecule has 0 heterocycles. The zero-order chi connectivity index (χ0) is 16.9. The summed E-state index contributed by atoms with van der Waals surface area (Å²) in [5.41, 5.74) is 0. The SMILES string of the molecule is CCCCCCCCC.CCCCCOC(=O)CCCNC. The molecule has 0 unspecified atom stereocenters. The van der Waals surface area contributed by atoms with Crippen molar-refractivity contribution >= 4 is 5.97 Å². The fourth-order valence-electron chi connectivity index (χ4n) is 2.05. The zero-order valence-electron chi connectivity index (χ0n) is 15.7. The molecular weight excluding hydrogens is 274 g/mol. The fourth-order valence-corrected chi connectivity index (χ4v) is 2.05. The van der Waals surface area contributed by atoms with Gasteiger partial charge in [0.1, 0.15) is 0 Å². The lowest BCUT2D eigenvalue weighted by molar-refractivity contribution is -0.143. The molecule has 22 heavy (non-hydrogen) atoms. The highest BCUT2D eigenvalue weighted by atomic mass is 16.5. The molecular formula is C19H41NO2. The number of ether oxygens (including phenoxy) is 1. The molecule has 0 amide bonds. The molecule has 1 N–H and O–H groups in total. The second kappa shape index (κ2) is 22.7. The van der Waals surface area contributed by atoms with Gasteiger partial charge in [0.25, 0.3) is 0 Å². The molecule has 0 aliphatic heterocycles. The van der Waals surface area contributed by atoms with Gasteiger partial charge in [-0.2, -0.15) is 0 Å². The van der Waals surface area contributed by atoms with Gasteiger partial charge in [0, 0.05) is 6.42 Å². The van der Waals surface area contributed by atoms with Crippen LogP contribution < -0.4 is 5.32 Å². The second-order valence-corrected chi connectivity index (χ2v) is 5.90. The van der Waals surface area contributed by atoms with Crippen molar-refractivity contribution in [3.63, 3.8) is 0 Å². The van der Waals surface area contributed by atoms with E-state index in [1.54, 1.807) is 0 Å². The number of hydrogen-bond donors (Lipinski definition) is 1. The first-order valence-electron chi connectivity index (χ1n) is 9.53. The third-order valence-corrected chi connectivity index (χ3v) is 3.53. The molecule has 0 aliphatic carbocycles. The summed E-state index contributed by atoms with van der Waals surface area (Å²) in [5, 5.41) is 2.99. The van der Waals surface area contributed by atoms with Gasteiger partial charge in [-0.1, -0.05) is 78.6 Å². The van der Waals surface area contributed by atoms with E-state index >= 15 is 0 Å². The number of carbonyl (C=O) groups excluding carboxylic acids is 1. The fraction of sp³-hybridized carbons (Fsp3) is 0.947. The molecule has 0 aliphatic rings. The van der Waals surface area contributed by atoms with Gasteiger partial charge in [0.05, 0.1) is 6.61 Å². The van der Waals surface area contributed by atoms with Gasteiger partial charge < -0.3 is 10.1 Å². The third kappa shape index (κ3) is 24.4. The van der Waals surface area contributed by atoms with Gasteiger partial charge in [-0.3, -0.25) is 4.79 Å². The molecule has 0 saturated heterocycles. The van der Waals surface area contributed by atoms with E-state index in [1.165, 1.54) is 44.9 Å². The largest absolute Gasteiger partial charge is 0.466 e. The van der Waals surface area contributed by atoms with Crippen LogP contribution >= 0.6 is 0 Å². The molecule has 3 heteroatoms. The van der Waals surface area contributed by atoms with Crippen LogP contribution in [0.15, 0.2) is 0 Å². The van der Waals surface area contributed by atoms with Crippen LogP contribution in [0.3, 0.4) is 0 Å². The summed E-state index contributed by atoms with van der Waals surface area (Å²) in [6, 6.07) is 0. The zero-order valence-corrected chi connectivity index (χ0v) is 15.7. The van der Waals surface area contributed by atoms with Crippen molar-refractivity contribution in [1.82, 2.24) is 5.32 Å². The Morgan fingerprint density at radius 3 is 1.77 bits per heavy atom. The van der Waals surface area contributed by atoms with Crippen LogP contribution in [-0.2, 0) is 9.53 Å². The number of nitrogens with one attached hydrogen (secondary N) is 1. The van der Waals surface area contributed by atoms with E-state index in [-0.39, 0.29) is 5.97 Å². The normalized spacial score (nSPS) is 10.0. The molecule has 0 rings (SSSR count).